The predicted molar refractivity (Wildman–Crippen MR) is 55.0 cm³/mol. The summed E-state index contributed by atoms with van der Waals surface area (Å²) in [4.78, 5) is 22.4. The summed E-state index contributed by atoms with van der Waals surface area (Å²) >= 11 is 5.41. The number of carbonyl (C=O) groups excluding carboxylic acids is 2. The van der Waals surface area contributed by atoms with E-state index in [1.165, 1.54) is 0 Å². The van der Waals surface area contributed by atoms with Gasteiger partial charge in [0.05, 0.1) is 12.2 Å². The van der Waals surface area contributed by atoms with Crippen molar-refractivity contribution in [1.82, 2.24) is 0 Å². The molecule has 0 heterocycles. The van der Waals surface area contributed by atoms with Crippen LogP contribution in [0.3, 0.4) is 0 Å². The summed E-state index contributed by atoms with van der Waals surface area (Å²) in [5.74, 6) is -0.141. The Morgan fingerprint density at radius 3 is 2.50 bits per heavy atom. The van der Waals surface area contributed by atoms with E-state index >= 15 is 0 Å². The van der Waals surface area contributed by atoms with Crippen LogP contribution in [0, 0.1) is 5.92 Å². The van der Waals surface area contributed by atoms with Crippen molar-refractivity contribution in [2.45, 2.75) is 26.7 Å². The third kappa shape index (κ3) is 5.75. The lowest BCUT2D eigenvalue weighted by Gasteiger charge is -2.08. The van der Waals surface area contributed by atoms with E-state index in [4.69, 9.17) is 16.3 Å². The highest BCUT2D eigenvalue weighted by atomic mass is 35.5. The number of Topliss-reactive ketones (excluding diaryl/α,β-unsaturated/α-hetero) is 1. The minimum absolute atomic E-state index is 0.0151. The van der Waals surface area contributed by atoms with Crippen LogP contribution in [-0.4, -0.2) is 17.6 Å². The van der Waals surface area contributed by atoms with E-state index in [0.717, 1.165) is 0 Å². The van der Waals surface area contributed by atoms with Gasteiger partial charge in [-0.3, -0.25) is 9.59 Å². The van der Waals surface area contributed by atoms with Crippen LogP contribution in [-0.2, 0) is 14.3 Å². The molecule has 0 bridgehead atoms. The van der Waals surface area contributed by atoms with Crippen molar-refractivity contribution in [3.8, 4) is 0 Å². The second-order valence-electron chi connectivity index (χ2n) is 3.19. The van der Waals surface area contributed by atoms with E-state index in [-0.39, 0.29) is 18.1 Å². The highest BCUT2D eigenvalue weighted by molar-refractivity contribution is 6.19. The standard InChI is InChI=1S/C10H15ClO3/c1-7(2)14-10(13)6-8(3)9(12)4-5-11/h8H,1,4-6H2,2-3H3. The van der Waals surface area contributed by atoms with Crippen molar-refractivity contribution in [2.75, 3.05) is 5.88 Å². The molecule has 0 fully saturated rings. The predicted octanol–water partition coefficient (Wildman–Crippen LogP) is 2.29. The Labute approximate surface area is 89.1 Å². The number of carbonyl (C=O) groups is 2. The molecule has 0 N–H and O–H groups in total. The van der Waals surface area contributed by atoms with Gasteiger partial charge in [-0.2, -0.15) is 0 Å². The summed E-state index contributed by atoms with van der Waals surface area (Å²) in [6.07, 6.45) is 0.381. The van der Waals surface area contributed by atoms with Crippen LogP contribution < -0.4 is 0 Å². The number of rotatable bonds is 6. The molecule has 3 nitrogen and oxygen atoms in total. The van der Waals surface area contributed by atoms with Gasteiger partial charge >= 0.3 is 5.97 Å². The second kappa shape index (κ2) is 6.60. The van der Waals surface area contributed by atoms with Crippen molar-refractivity contribution in [1.29, 1.82) is 0 Å². The quantitative estimate of drug-likeness (QED) is 0.390. The van der Waals surface area contributed by atoms with Gasteiger partial charge in [-0.25, -0.2) is 0 Å². The maximum Gasteiger partial charge on any atom is 0.311 e. The van der Waals surface area contributed by atoms with Crippen LogP contribution in [0.5, 0.6) is 0 Å². The topological polar surface area (TPSA) is 43.4 Å². The van der Waals surface area contributed by atoms with Crippen molar-refractivity contribution in [3.05, 3.63) is 12.3 Å². The molecule has 0 aromatic rings. The van der Waals surface area contributed by atoms with Gasteiger partial charge in [0.25, 0.3) is 0 Å². The molecule has 1 atom stereocenters. The zero-order chi connectivity index (χ0) is 11.1. The van der Waals surface area contributed by atoms with Gasteiger partial charge < -0.3 is 4.74 Å². The molecule has 0 saturated carbocycles. The van der Waals surface area contributed by atoms with Crippen LogP contribution in [0.15, 0.2) is 12.3 Å². The highest BCUT2D eigenvalue weighted by Gasteiger charge is 2.17. The molecule has 0 amide bonds. The highest BCUT2D eigenvalue weighted by Crippen LogP contribution is 2.09. The van der Waals surface area contributed by atoms with Crippen LogP contribution in [0.2, 0.25) is 0 Å². The average Bonchev–Trinajstić information content (AvgIpc) is 2.02. The Bertz CT molecular complexity index is 236. The lowest BCUT2D eigenvalue weighted by atomic mass is 10.0. The summed E-state index contributed by atoms with van der Waals surface area (Å²) < 4.78 is 4.73. The molecule has 1 unspecified atom stereocenters. The molecule has 4 heteroatoms. The van der Waals surface area contributed by atoms with E-state index in [0.29, 0.717) is 18.1 Å². The molecular formula is C10H15ClO3. The number of alkyl halides is 1. The van der Waals surface area contributed by atoms with Gasteiger partial charge in [0.1, 0.15) is 5.78 Å². The SMILES string of the molecule is C=C(C)OC(=O)CC(C)C(=O)CCCl. The first kappa shape index (κ1) is 13.2. The Morgan fingerprint density at radius 1 is 1.50 bits per heavy atom. The minimum Gasteiger partial charge on any atom is -0.432 e. The molecule has 0 radical (unpaired) electrons. The molecule has 0 spiro atoms. The molecular weight excluding hydrogens is 204 g/mol. The van der Waals surface area contributed by atoms with Gasteiger partial charge in [-0.15, -0.1) is 11.6 Å². The number of allylic oxidation sites excluding steroid dienone is 1. The Kier molecular flexibility index (Phi) is 6.21. The maximum atomic E-state index is 11.2. The zero-order valence-electron chi connectivity index (χ0n) is 8.51. The summed E-state index contributed by atoms with van der Waals surface area (Å²) in [7, 11) is 0. The molecule has 0 aromatic heterocycles. The number of esters is 1. The average molecular weight is 219 g/mol. The first-order valence-electron chi connectivity index (χ1n) is 4.42. The Morgan fingerprint density at radius 2 is 2.07 bits per heavy atom. The fourth-order valence-electron chi connectivity index (χ4n) is 0.939. The monoisotopic (exact) mass is 218 g/mol. The van der Waals surface area contributed by atoms with Gasteiger partial charge in [-0.05, 0) is 6.92 Å². The largest absolute Gasteiger partial charge is 0.432 e. The molecule has 0 aromatic carbocycles. The van der Waals surface area contributed by atoms with Gasteiger partial charge in [0, 0.05) is 18.2 Å². The summed E-state index contributed by atoms with van der Waals surface area (Å²) in [5.41, 5.74) is 0. The molecule has 0 rings (SSSR count). The molecule has 14 heavy (non-hydrogen) atoms. The number of ether oxygens (including phenoxy) is 1. The zero-order valence-corrected chi connectivity index (χ0v) is 9.26. The van der Waals surface area contributed by atoms with Crippen molar-refractivity contribution in [2.24, 2.45) is 5.92 Å². The smallest absolute Gasteiger partial charge is 0.311 e. The maximum absolute atomic E-state index is 11.2. The second-order valence-corrected chi connectivity index (χ2v) is 3.56. The van der Waals surface area contributed by atoms with Gasteiger partial charge in [-0.1, -0.05) is 13.5 Å². The summed E-state index contributed by atoms with van der Waals surface area (Å²) in [5, 5.41) is 0. The Balaban J connectivity index is 3.92. The van der Waals surface area contributed by atoms with Gasteiger partial charge in [0.2, 0.25) is 0 Å². The Hall–Kier alpha value is -0.830. The first-order valence-corrected chi connectivity index (χ1v) is 4.95. The normalized spacial score (nSPS) is 11.9. The van der Waals surface area contributed by atoms with Crippen LogP contribution >= 0.6 is 11.6 Å². The molecule has 0 aliphatic carbocycles. The molecule has 0 aliphatic rings. The van der Waals surface area contributed by atoms with Crippen LogP contribution in [0.4, 0.5) is 0 Å². The fourth-order valence-corrected chi connectivity index (χ4v) is 1.13. The van der Waals surface area contributed by atoms with E-state index in [1.54, 1.807) is 13.8 Å². The molecule has 0 saturated heterocycles. The van der Waals surface area contributed by atoms with Crippen LogP contribution in [0.1, 0.15) is 26.7 Å². The summed E-state index contributed by atoms with van der Waals surface area (Å²) in [6.45, 7) is 6.71. The van der Waals surface area contributed by atoms with Crippen molar-refractivity contribution >= 4 is 23.4 Å². The van der Waals surface area contributed by atoms with E-state index in [9.17, 15) is 9.59 Å². The number of hydrogen-bond donors (Lipinski definition) is 0. The van der Waals surface area contributed by atoms with Crippen LogP contribution in [0.25, 0.3) is 0 Å². The number of ketones is 1. The number of hydrogen-bond acceptors (Lipinski definition) is 3. The molecule has 0 aliphatic heterocycles. The number of halogens is 1. The third-order valence-electron chi connectivity index (χ3n) is 1.65. The molecule has 80 valence electrons. The first-order chi connectivity index (χ1) is 6.47. The van der Waals surface area contributed by atoms with E-state index in [1.807, 2.05) is 0 Å². The van der Waals surface area contributed by atoms with E-state index in [2.05, 4.69) is 6.58 Å². The minimum atomic E-state index is -0.423. The van der Waals surface area contributed by atoms with Crippen molar-refractivity contribution < 1.29 is 14.3 Å². The fraction of sp³-hybridized carbons (Fsp3) is 0.600. The lowest BCUT2D eigenvalue weighted by Crippen LogP contribution is -2.17. The summed E-state index contributed by atoms with van der Waals surface area (Å²) in [6, 6.07) is 0. The van der Waals surface area contributed by atoms with E-state index < -0.39 is 5.97 Å². The van der Waals surface area contributed by atoms with Gasteiger partial charge in [0.15, 0.2) is 0 Å². The lowest BCUT2D eigenvalue weighted by molar-refractivity contribution is -0.142. The van der Waals surface area contributed by atoms with Crippen molar-refractivity contribution in [3.63, 3.8) is 0 Å². The third-order valence-corrected chi connectivity index (χ3v) is 1.84.